The van der Waals surface area contributed by atoms with E-state index in [0.717, 1.165) is 11.3 Å². The summed E-state index contributed by atoms with van der Waals surface area (Å²) in [6.07, 6.45) is 14.6. The maximum Gasteiger partial charge on any atom is -0.0166 e. The highest BCUT2D eigenvalue weighted by Crippen LogP contribution is 2.63. The first-order valence-corrected chi connectivity index (χ1v) is 10.4. The van der Waals surface area contributed by atoms with E-state index in [-0.39, 0.29) is 7.92 Å². The topological polar surface area (TPSA) is 0 Å². The molecule has 1 aromatic carbocycles. The summed E-state index contributed by atoms with van der Waals surface area (Å²) in [6, 6.07) is 11.0. The molecule has 2 fully saturated rings. The highest BCUT2D eigenvalue weighted by molar-refractivity contribution is 7.69. The first-order chi connectivity index (χ1) is 10.4. The van der Waals surface area contributed by atoms with Crippen molar-refractivity contribution in [3.05, 3.63) is 42.5 Å². The van der Waals surface area contributed by atoms with Crippen LogP contribution in [0.25, 0.3) is 5.31 Å². The Morgan fingerprint density at radius 1 is 0.762 bits per heavy atom. The van der Waals surface area contributed by atoms with Crippen molar-refractivity contribution in [3.8, 4) is 0 Å². The van der Waals surface area contributed by atoms with E-state index in [0.29, 0.717) is 0 Å². The summed E-state index contributed by atoms with van der Waals surface area (Å²) in [5.41, 5.74) is 3.34. The van der Waals surface area contributed by atoms with Crippen LogP contribution in [0.2, 0.25) is 0 Å². The van der Waals surface area contributed by atoms with Gasteiger partial charge < -0.3 is 0 Å². The number of hydrogen-bond donors (Lipinski definition) is 0. The zero-order chi connectivity index (χ0) is 14.5. The number of hydrogen-bond acceptors (Lipinski definition) is 0. The molecule has 0 radical (unpaired) electrons. The van der Waals surface area contributed by atoms with Crippen LogP contribution in [0.4, 0.5) is 0 Å². The van der Waals surface area contributed by atoms with Crippen LogP contribution in [-0.2, 0) is 0 Å². The molecule has 0 heterocycles. The first-order valence-electron chi connectivity index (χ1n) is 8.89. The Balaban J connectivity index is 1.81. The van der Waals surface area contributed by atoms with Crippen molar-refractivity contribution >= 4 is 13.2 Å². The second-order valence-electron chi connectivity index (χ2n) is 6.80. The Morgan fingerprint density at radius 2 is 1.24 bits per heavy atom. The zero-order valence-electron chi connectivity index (χ0n) is 13.3. The van der Waals surface area contributed by atoms with Crippen molar-refractivity contribution in [1.82, 2.24) is 0 Å². The number of rotatable bonds is 4. The minimum Gasteiger partial charge on any atom is -0.0907 e. The van der Waals surface area contributed by atoms with Crippen LogP contribution < -0.4 is 0 Å². The molecule has 3 rings (SSSR count). The lowest BCUT2D eigenvalue weighted by atomic mass is 9.99. The lowest BCUT2D eigenvalue weighted by Crippen LogP contribution is -2.20. The predicted molar refractivity (Wildman–Crippen MR) is 96.1 cm³/mol. The van der Waals surface area contributed by atoms with Gasteiger partial charge in [0.2, 0.25) is 0 Å². The quantitative estimate of drug-likeness (QED) is 0.536. The maximum atomic E-state index is 4.60. The molecule has 0 saturated heterocycles. The van der Waals surface area contributed by atoms with Crippen LogP contribution in [0.5, 0.6) is 0 Å². The van der Waals surface area contributed by atoms with Crippen molar-refractivity contribution in [3.63, 3.8) is 0 Å². The lowest BCUT2D eigenvalue weighted by molar-refractivity contribution is 0.487. The van der Waals surface area contributed by atoms with Gasteiger partial charge in [-0.15, -0.1) is 0 Å². The van der Waals surface area contributed by atoms with Gasteiger partial charge in [0.25, 0.3) is 0 Å². The number of benzene rings is 1. The first kappa shape index (κ1) is 15.3. The Hall–Kier alpha value is -0.610. The molecule has 2 saturated carbocycles. The summed E-state index contributed by atoms with van der Waals surface area (Å²) >= 11 is 0. The van der Waals surface area contributed by atoms with Gasteiger partial charge >= 0.3 is 0 Å². The monoisotopic (exact) mass is 300 g/mol. The van der Waals surface area contributed by atoms with Gasteiger partial charge in [0.1, 0.15) is 0 Å². The van der Waals surface area contributed by atoms with Crippen molar-refractivity contribution < 1.29 is 0 Å². The third-order valence-corrected chi connectivity index (χ3v) is 8.84. The molecule has 0 spiro atoms. The average Bonchev–Trinajstić information content (AvgIpc) is 2.58. The van der Waals surface area contributed by atoms with Crippen molar-refractivity contribution in [2.45, 2.75) is 75.5 Å². The smallest absolute Gasteiger partial charge is 0.0166 e. The van der Waals surface area contributed by atoms with Crippen LogP contribution in [0.15, 0.2) is 36.9 Å². The third kappa shape index (κ3) is 3.78. The Labute approximate surface area is 131 Å². The van der Waals surface area contributed by atoms with E-state index in [1.807, 2.05) is 0 Å². The molecular weight excluding hydrogens is 271 g/mol. The van der Waals surface area contributed by atoms with Crippen LogP contribution in [0, 0.1) is 0 Å². The summed E-state index contributed by atoms with van der Waals surface area (Å²) in [7, 11) is -0.0289. The van der Waals surface area contributed by atoms with E-state index < -0.39 is 0 Å². The Bertz CT molecular complexity index is 420. The van der Waals surface area contributed by atoms with E-state index in [2.05, 4.69) is 36.9 Å². The summed E-state index contributed by atoms with van der Waals surface area (Å²) < 4.78 is 0. The van der Waals surface area contributed by atoms with Gasteiger partial charge in [-0.05, 0) is 47.9 Å². The maximum absolute atomic E-state index is 4.60. The second-order valence-corrected chi connectivity index (χ2v) is 9.62. The van der Waals surface area contributed by atoms with Crippen LogP contribution in [0.1, 0.15) is 69.8 Å². The Morgan fingerprint density at radius 3 is 1.71 bits per heavy atom. The molecule has 1 heteroatoms. The minimum atomic E-state index is -0.0289. The van der Waals surface area contributed by atoms with Crippen molar-refractivity contribution in [1.29, 1.82) is 0 Å². The van der Waals surface area contributed by atoms with Crippen LogP contribution in [-0.4, -0.2) is 11.3 Å². The SMILES string of the molecule is C=C(c1ccccc1)P(C1CCCCC1)C1CCCCC1. The zero-order valence-corrected chi connectivity index (χ0v) is 14.2. The van der Waals surface area contributed by atoms with Gasteiger partial charge in [0.15, 0.2) is 0 Å². The van der Waals surface area contributed by atoms with Gasteiger partial charge in [-0.2, -0.15) is 0 Å². The second kappa shape index (κ2) is 7.59. The van der Waals surface area contributed by atoms with E-state index in [9.17, 15) is 0 Å². The predicted octanol–water partition coefficient (Wildman–Crippen LogP) is 6.80. The lowest BCUT2D eigenvalue weighted by Gasteiger charge is -2.39. The molecule has 2 aliphatic carbocycles. The Kier molecular flexibility index (Phi) is 5.53. The van der Waals surface area contributed by atoms with Crippen molar-refractivity contribution in [2.75, 3.05) is 0 Å². The highest BCUT2D eigenvalue weighted by atomic mass is 31.1. The summed E-state index contributed by atoms with van der Waals surface area (Å²) in [4.78, 5) is 0. The normalized spacial score (nSPS) is 21.6. The average molecular weight is 300 g/mol. The molecule has 0 aliphatic heterocycles. The fourth-order valence-electron chi connectivity index (χ4n) is 4.24. The third-order valence-electron chi connectivity index (χ3n) is 5.35. The molecule has 114 valence electrons. The molecule has 0 atom stereocenters. The molecule has 0 nitrogen and oxygen atoms in total. The molecule has 1 aromatic rings. The molecular formula is C20H29P. The molecule has 21 heavy (non-hydrogen) atoms. The fourth-order valence-corrected chi connectivity index (χ4v) is 8.00. The summed E-state index contributed by atoms with van der Waals surface area (Å²) in [6.45, 7) is 4.60. The van der Waals surface area contributed by atoms with Crippen molar-refractivity contribution in [2.24, 2.45) is 0 Å². The minimum absolute atomic E-state index is 0.0289. The van der Waals surface area contributed by atoms with Gasteiger partial charge in [0.05, 0.1) is 0 Å². The largest absolute Gasteiger partial charge is 0.0907 e. The fraction of sp³-hybridized carbons (Fsp3) is 0.600. The molecule has 0 amide bonds. The van der Waals surface area contributed by atoms with Crippen LogP contribution in [0.3, 0.4) is 0 Å². The molecule has 2 aliphatic rings. The molecule has 0 bridgehead atoms. The highest BCUT2D eigenvalue weighted by Gasteiger charge is 2.33. The van der Waals surface area contributed by atoms with Gasteiger partial charge in [0, 0.05) is 0 Å². The molecule has 0 N–H and O–H groups in total. The van der Waals surface area contributed by atoms with Gasteiger partial charge in [-0.25, -0.2) is 0 Å². The van der Waals surface area contributed by atoms with E-state index >= 15 is 0 Å². The van der Waals surface area contributed by atoms with Gasteiger partial charge in [-0.1, -0.05) is 83.4 Å². The summed E-state index contributed by atoms with van der Waals surface area (Å²) in [5.74, 6) is 0. The van der Waals surface area contributed by atoms with E-state index in [1.165, 1.54) is 75.1 Å². The standard InChI is InChI=1S/C20H29P/c1-17(18-11-5-2-6-12-18)21(19-13-7-3-8-14-19)20-15-9-4-10-16-20/h2,5-6,11-12,19-20H,1,3-4,7-10,13-16H2. The van der Waals surface area contributed by atoms with E-state index in [1.54, 1.807) is 0 Å². The van der Waals surface area contributed by atoms with E-state index in [4.69, 9.17) is 0 Å². The molecule has 0 aromatic heterocycles. The van der Waals surface area contributed by atoms with Crippen LogP contribution >= 0.6 is 7.92 Å². The molecule has 0 unspecified atom stereocenters. The van der Waals surface area contributed by atoms with Gasteiger partial charge in [-0.3, -0.25) is 0 Å². The summed E-state index contributed by atoms with van der Waals surface area (Å²) in [5, 5.41) is 1.50.